The average molecular weight is 479 g/mol. The van der Waals surface area contributed by atoms with Gasteiger partial charge in [-0.2, -0.15) is 5.10 Å². The van der Waals surface area contributed by atoms with Crippen LogP contribution in [0.3, 0.4) is 0 Å². The minimum absolute atomic E-state index is 0.814. The van der Waals surface area contributed by atoms with Crippen LogP contribution in [0.1, 0.15) is 0 Å². The van der Waals surface area contributed by atoms with Crippen molar-refractivity contribution in [3.63, 3.8) is 0 Å². The van der Waals surface area contributed by atoms with Gasteiger partial charge in [0.2, 0.25) is 0 Å². The highest BCUT2D eigenvalue weighted by atomic mass is 16.3. The van der Waals surface area contributed by atoms with Gasteiger partial charge in [-0.3, -0.25) is 4.90 Å². The Morgan fingerprint density at radius 2 is 1.43 bits per heavy atom. The van der Waals surface area contributed by atoms with Gasteiger partial charge < -0.3 is 4.42 Å². The van der Waals surface area contributed by atoms with Crippen molar-refractivity contribution in [2.24, 2.45) is 0 Å². The number of nitrogens with zero attached hydrogens (tertiary/aromatic N) is 4. The van der Waals surface area contributed by atoms with Gasteiger partial charge in [-0.25, -0.2) is 9.67 Å². The van der Waals surface area contributed by atoms with Crippen molar-refractivity contribution in [2.75, 3.05) is 4.90 Å². The first kappa shape index (κ1) is 21.1. The van der Waals surface area contributed by atoms with Crippen LogP contribution < -0.4 is 4.90 Å². The number of aromatic nitrogens is 3. The molecule has 0 spiro atoms. The Kier molecular flexibility index (Phi) is 5.03. The molecule has 0 N–H and O–H groups in total. The van der Waals surface area contributed by atoms with Gasteiger partial charge >= 0.3 is 0 Å². The van der Waals surface area contributed by atoms with Gasteiger partial charge in [0.1, 0.15) is 17.0 Å². The van der Waals surface area contributed by atoms with Gasteiger partial charge in [0.05, 0.1) is 11.4 Å². The molecule has 0 fully saturated rings. The Morgan fingerprint density at radius 3 is 2.32 bits per heavy atom. The summed E-state index contributed by atoms with van der Waals surface area (Å²) >= 11 is 0. The SMILES string of the molecule is c1ccc(N(c2cccc(-n3cccn3)c2)c2cccc(-c3cccc4c3oc3ccccc34)n2)cc1. The lowest BCUT2D eigenvalue weighted by Gasteiger charge is -2.25. The Morgan fingerprint density at radius 1 is 0.649 bits per heavy atom. The number of hydrogen-bond donors (Lipinski definition) is 0. The zero-order valence-electron chi connectivity index (χ0n) is 19.9. The van der Waals surface area contributed by atoms with Crippen LogP contribution in [0.25, 0.3) is 38.9 Å². The molecule has 0 aliphatic rings. The van der Waals surface area contributed by atoms with Crippen molar-refractivity contribution in [3.05, 3.63) is 134 Å². The first-order valence-corrected chi connectivity index (χ1v) is 12.2. The Balaban J connectivity index is 1.39. The zero-order valence-corrected chi connectivity index (χ0v) is 19.9. The molecule has 0 amide bonds. The molecule has 0 atom stereocenters. The van der Waals surface area contributed by atoms with Crippen molar-refractivity contribution in [3.8, 4) is 16.9 Å². The summed E-state index contributed by atoms with van der Waals surface area (Å²) in [5.41, 5.74) is 6.53. The minimum atomic E-state index is 0.814. The predicted octanol–water partition coefficient (Wildman–Crippen LogP) is 8.30. The molecule has 4 aromatic carbocycles. The Bertz CT molecular complexity index is 1840. The lowest BCUT2D eigenvalue weighted by molar-refractivity contribution is 0.670. The highest BCUT2D eigenvalue weighted by molar-refractivity contribution is 6.09. The number of para-hydroxylation sites is 3. The van der Waals surface area contributed by atoms with Crippen LogP contribution in [-0.2, 0) is 0 Å². The Hall–Kier alpha value is -5.16. The van der Waals surface area contributed by atoms with Crippen LogP contribution in [0.4, 0.5) is 17.2 Å². The molecule has 0 unspecified atom stereocenters. The van der Waals surface area contributed by atoms with E-state index < -0.39 is 0 Å². The summed E-state index contributed by atoms with van der Waals surface area (Å²) in [4.78, 5) is 7.31. The summed E-state index contributed by atoms with van der Waals surface area (Å²) < 4.78 is 8.16. The molecule has 0 saturated carbocycles. The smallest absolute Gasteiger partial charge is 0.144 e. The van der Waals surface area contributed by atoms with Crippen molar-refractivity contribution in [1.82, 2.24) is 14.8 Å². The zero-order chi connectivity index (χ0) is 24.6. The van der Waals surface area contributed by atoms with Crippen LogP contribution in [0.5, 0.6) is 0 Å². The molecule has 0 saturated heterocycles. The molecule has 3 aromatic heterocycles. The van der Waals surface area contributed by atoms with Crippen molar-refractivity contribution >= 4 is 39.1 Å². The fourth-order valence-corrected chi connectivity index (χ4v) is 4.83. The van der Waals surface area contributed by atoms with Gasteiger partial charge in [0.25, 0.3) is 0 Å². The maximum absolute atomic E-state index is 6.30. The fourth-order valence-electron chi connectivity index (χ4n) is 4.83. The summed E-state index contributed by atoms with van der Waals surface area (Å²) in [6.45, 7) is 0. The van der Waals surface area contributed by atoms with Gasteiger partial charge in [-0.05, 0) is 60.7 Å². The van der Waals surface area contributed by atoms with E-state index in [1.54, 1.807) is 6.20 Å². The third-order valence-corrected chi connectivity index (χ3v) is 6.52. The van der Waals surface area contributed by atoms with Crippen molar-refractivity contribution < 1.29 is 4.42 Å². The number of furan rings is 1. The summed E-state index contributed by atoms with van der Waals surface area (Å²) in [5.74, 6) is 0.814. The van der Waals surface area contributed by atoms with E-state index in [9.17, 15) is 0 Å². The summed E-state index contributed by atoms with van der Waals surface area (Å²) in [6.07, 6.45) is 3.73. The number of pyridine rings is 1. The highest BCUT2D eigenvalue weighted by Crippen LogP contribution is 2.38. The molecular weight excluding hydrogens is 456 g/mol. The summed E-state index contributed by atoms with van der Waals surface area (Å²) in [6, 6.07) is 41.0. The van der Waals surface area contributed by atoms with Gasteiger partial charge in [-0.15, -0.1) is 0 Å². The molecular formula is C32H22N4O. The van der Waals surface area contributed by atoms with E-state index in [4.69, 9.17) is 9.40 Å². The number of fused-ring (bicyclic) bond motifs is 3. The van der Waals surface area contributed by atoms with Crippen molar-refractivity contribution in [1.29, 1.82) is 0 Å². The van der Waals surface area contributed by atoms with E-state index in [1.807, 2.05) is 83.7 Å². The lowest BCUT2D eigenvalue weighted by atomic mass is 10.1. The van der Waals surface area contributed by atoms with Crippen LogP contribution in [0.15, 0.2) is 138 Å². The summed E-state index contributed by atoms with van der Waals surface area (Å²) in [5, 5.41) is 6.60. The fraction of sp³-hybridized carbons (Fsp3) is 0. The van der Waals surface area contributed by atoms with Crippen LogP contribution in [-0.4, -0.2) is 14.8 Å². The van der Waals surface area contributed by atoms with E-state index in [0.717, 1.165) is 56.1 Å². The normalized spacial score (nSPS) is 11.2. The standard InChI is InChI=1S/C32H22N4O/c1-2-10-23(11-3-1)36(25-13-6-12-24(22-25)35-21-9-20-33-35)31-19-8-17-29(34-31)28-16-7-15-27-26-14-4-5-18-30(26)37-32(27)28/h1-22H. The van der Waals surface area contributed by atoms with E-state index >= 15 is 0 Å². The van der Waals surface area contributed by atoms with Crippen LogP contribution in [0, 0.1) is 0 Å². The second-order valence-electron chi connectivity index (χ2n) is 8.80. The van der Waals surface area contributed by atoms with Crippen molar-refractivity contribution in [2.45, 2.75) is 0 Å². The molecule has 37 heavy (non-hydrogen) atoms. The van der Waals surface area contributed by atoms with Gasteiger partial charge in [-0.1, -0.05) is 60.7 Å². The van der Waals surface area contributed by atoms with E-state index in [0.29, 0.717) is 0 Å². The van der Waals surface area contributed by atoms with Gasteiger partial charge in [0, 0.05) is 40.1 Å². The van der Waals surface area contributed by atoms with E-state index in [-0.39, 0.29) is 0 Å². The third-order valence-electron chi connectivity index (χ3n) is 6.52. The Labute approximate surface area is 213 Å². The van der Waals surface area contributed by atoms with Crippen LogP contribution in [0.2, 0.25) is 0 Å². The number of benzene rings is 4. The average Bonchev–Trinajstić information content (AvgIpc) is 3.63. The second-order valence-corrected chi connectivity index (χ2v) is 8.80. The first-order chi connectivity index (χ1) is 18.3. The number of hydrogen-bond acceptors (Lipinski definition) is 4. The molecule has 0 aliphatic carbocycles. The molecule has 0 aliphatic heterocycles. The van der Waals surface area contributed by atoms with E-state index in [2.05, 4.69) is 58.5 Å². The first-order valence-electron chi connectivity index (χ1n) is 12.2. The molecule has 7 rings (SSSR count). The molecule has 5 nitrogen and oxygen atoms in total. The quantitative estimate of drug-likeness (QED) is 0.250. The molecule has 176 valence electrons. The minimum Gasteiger partial charge on any atom is -0.455 e. The maximum atomic E-state index is 6.30. The lowest BCUT2D eigenvalue weighted by Crippen LogP contribution is -2.12. The monoisotopic (exact) mass is 478 g/mol. The highest BCUT2D eigenvalue weighted by Gasteiger charge is 2.17. The molecule has 7 aromatic rings. The molecule has 0 bridgehead atoms. The molecule has 5 heteroatoms. The van der Waals surface area contributed by atoms with Crippen LogP contribution >= 0.6 is 0 Å². The number of rotatable bonds is 5. The topological polar surface area (TPSA) is 47.1 Å². The maximum Gasteiger partial charge on any atom is 0.144 e. The van der Waals surface area contributed by atoms with Gasteiger partial charge in [0.15, 0.2) is 0 Å². The number of anilines is 3. The molecule has 0 radical (unpaired) electrons. The van der Waals surface area contributed by atoms with E-state index in [1.165, 1.54) is 0 Å². The summed E-state index contributed by atoms with van der Waals surface area (Å²) in [7, 11) is 0. The largest absolute Gasteiger partial charge is 0.455 e. The predicted molar refractivity (Wildman–Crippen MR) is 149 cm³/mol. The third kappa shape index (κ3) is 3.74. The molecule has 3 heterocycles. The second kappa shape index (κ2) is 8.81.